The quantitative estimate of drug-likeness (QED) is 0.615. The van der Waals surface area contributed by atoms with Crippen molar-refractivity contribution >= 4 is 5.91 Å². The number of amides is 1. The first-order chi connectivity index (χ1) is 13.7. The van der Waals surface area contributed by atoms with Gasteiger partial charge in [-0.15, -0.1) is 6.58 Å². The van der Waals surface area contributed by atoms with Crippen LogP contribution in [0.5, 0.6) is 0 Å². The summed E-state index contributed by atoms with van der Waals surface area (Å²) in [5.41, 5.74) is 2.35. The maximum Gasteiger partial charge on any atom is 0.287 e. The Morgan fingerprint density at radius 3 is 2.71 bits per heavy atom. The van der Waals surface area contributed by atoms with Gasteiger partial charge in [-0.25, -0.2) is 9.37 Å². The summed E-state index contributed by atoms with van der Waals surface area (Å²) in [5, 5.41) is 2.71. The fraction of sp³-hybridized carbons (Fsp3) is 0.273. The van der Waals surface area contributed by atoms with Gasteiger partial charge in [0.15, 0.2) is 11.5 Å². The Labute approximate surface area is 162 Å². The van der Waals surface area contributed by atoms with Gasteiger partial charge in [-0.1, -0.05) is 18.9 Å². The summed E-state index contributed by atoms with van der Waals surface area (Å²) in [6.45, 7) is 3.97. The van der Waals surface area contributed by atoms with Crippen molar-refractivity contribution in [2.75, 3.05) is 6.54 Å². The summed E-state index contributed by atoms with van der Waals surface area (Å²) in [5.74, 6) is 0.231. The lowest BCUT2D eigenvalue weighted by molar-refractivity contribution is 0.0931. The normalized spacial score (nSPS) is 14.3. The van der Waals surface area contributed by atoms with Gasteiger partial charge >= 0.3 is 0 Å². The molecule has 28 heavy (non-hydrogen) atoms. The van der Waals surface area contributed by atoms with E-state index in [0.29, 0.717) is 18.3 Å². The van der Waals surface area contributed by atoms with Crippen LogP contribution in [0.3, 0.4) is 0 Å². The summed E-state index contributed by atoms with van der Waals surface area (Å²) < 4.78 is 21.4. The Morgan fingerprint density at radius 2 is 2.00 bits per heavy atom. The van der Waals surface area contributed by atoms with Gasteiger partial charge in [-0.3, -0.25) is 4.79 Å². The first-order valence-electron chi connectivity index (χ1n) is 9.49. The maximum absolute atomic E-state index is 13.4. The van der Waals surface area contributed by atoms with Gasteiger partial charge in [0.25, 0.3) is 5.91 Å². The lowest BCUT2D eigenvalue weighted by Gasteiger charge is -2.15. The molecule has 0 saturated heterocycles. The molecule has 0 spiro atoms. The number of aromatic nitrogens is 2. The first-order valence-corrected chi connectivity index (χ1v) is 9.49. The van der Waals surface area contributed by atoms with Gasteiger partial charge in [-0.2, -0.15) is 0 Å². The van der Waals surface area contributed by atoms with E-state index in [-0.39, 0.29) is 17.5 Å². The largest absolute Gasteiger partial charge is 0.449 e. The van der Waals surface area contributed by atoms with E-state index in [4.69, 9.17) is 4.42 Å². The lowest BCUT2D eigenvalue weighted by Crippen LogP contribution is -2.22. The van der Waals surface area contributed by atoms with E-state index in [2.05, 4.69) is 21.4 Å². The summed E-state index contributed by atoms with van der Waals surface area (Å²) in [6.07, 6.45) is 7.97. The number of rotatable bonds is 6. The molecule has 3 aromatic rings. The Hall–Kier alpha value is -3.15. The predicted octanol–water partition coefficient (Wildman–Crippen LogP) is 4.98. The topological polar surface area (TPSA) is 60.1 Å². The Morgan fingerprint density at radius 1 is 1.25 bits per heavy atom. The van der Waals surface area contributed by atoms with Crippen LogP contribution in [0.4, 0.5) is 4.39 Å². The minimum atomic E-state index is -0.292. The zero-order chi connectivity index (χ0) is 19.5. The highest BCUT2D eigenvalue weighted by Gasteiger charge is 2.25. The molecule has 0 aliphatic heterocycles. The third-order valence-electron chi connectivity index (χ3n) is 5.10. The molecule has 144 valence electrons. The zero-order valence-corrected chi connectivity index (χ0v) is 15.5. The van der Waals surface area contributed by atoms with Crippen LogP contribution in [-0.2, 0) is 0 Å². The summed E-state index contributed by atoms with van der Waals surface area (Å²) >= 11 is 0. The monoisotopic (exact) mass is 379 g/mol. The number of halogens is 1. The molecule has 1 amide bonds. The molecule has 4 rings (SSSR count). The number of nitrogens with zero attached hydrogens (tertiary/aromatic N) is 2. The maximum atomic E-state index is 13.4. The SMILES string of the molecule is C=CCNC(=O)c1ccc(-c2c(-c3ccc(F)cc3)ncn2C2CCCC2)o1. The third kappa shape index (κ3) is 3.50. The molecule has 0 unspecified atom stereocenters. The number of imidazole rings is 1. The molecular formula is C22H22FN3O2. The Kier molecular flexibility index (Phi) is 5.10. The molecule has 6 heteroatoms. The van der Waals surface area contributed by atoms with E-state index in [1.807, 2.05) is 6.33 Å². The fourth-order valence-corrected chi connectivity index (χ4v) is 3.72. The molecule has 1 aliphatic rings. The second kappa shape index (κ2) is 7.84. The van der Waals surface area contributed by atoms with Crippen LogP contribution in [0, 0.1) is 5.82 Å². The van der Waals surface area contributed by atoms with E-state index in [0.717, 1.165) is 29.8 Å². The average molecular weight is 379 g/mol. The molecule has 1 N–H and O–H groups in total. The highest BCUT2D eigenvalue weighted by atomic mass is 19.1. The average Bonchev–Trinajstić information content (AvgIpc) is 3.45. The van der Waals surface area contributed by atoms with Crippen molar-refractivity contribution in [3.8, 4) is 22.7 Å². The number of benzene rings is 1. The minimum Gasteiger partial charge on any atom is -0.449 e. The number of nitrogens with one attached hydrogen (secondary N) is 1. The van der Waals surface area contributed by atoms with E-state index in [1.54, 1.807) is 30.3 Å². The first kappa shape index (κ1) is 18.2. The van der Waals surface area contributed by atoms with Gasteiger partial charge in [0.1, 0.15) is 11.5 Å². The molecule has 0 atom stereocenters. The van der Waals surface area contributed by atoms with Crippen LogP contribution in [-0.4, -0.2) is 22.0 Å². The van der Waals surface area contributed by atoms with Crippen molar-refractivity contribution in [3.05, 3.63) is 67.0 Å². The van der Waals surface area contributed by atoms with Crippen LogP contribution < -0.4 is 5.32 Å². The molecule has 1 fully saturated rings. The second-order valence-corrected chi connectivity index (χ2v) is 6.96. The number of carbonyl (C=O) groups is 1. The second-order valence-electron chi connectivity index (χ2n) is 6.96. The van der Waals surface area contributed by atoms with Gasteiger partial charge in [0, 0.05) is 18.2 Å². The van der Waals surface area contributed by atoms with E-state index in [9.17, 15) is 9.18 Å². The highest BCUT2D eigenvalue weighted by molar-refractivity contribution is 5.92. The van der Waals surface area contributed by atoms with E-state index >= 15 is 0 Å². The van der Waals surface area contributed by atoms with Gasteiger partial charge in [-0.05, 0) is 49.2 Å². The van der Waals surface area contributed by atoms with Crippen molar-refractivity contribution in [2.24, 2.45) is 0 Å². The van der Waals surface area contributed by atoms with Crippen molar-refractivity contribution in [1.29, 1.82) is 0 Å². The molecule has 2 heterocycles. The van der Waals surface area contributed by atoms with E-state index in [1.165, 1.54) is 25.0 Å². The van der Waals surface area contributed by atoms with Gasteiger partial charge in [0.2, 0.25) is 0 Å². The van der Waals surface area contributed by atoms with Crippen LogP contribution in [0.1, 0.15) is 42.3 Å². The highest BCUT2D eigenvalue weighted by Crippen LogP contribution is 2.38. The molecule has 0 bridgehead atoms. The van der Waals surface area contributed by atoms with Crippen molar-refractivity contribution < 1.29 is 13.6 Å². The van der Waals surface area contributed by atoms with Gasteiger partial charge in [0.05, 0.1) is 12.0 Å². The molecule has 1 aliphatic carbocycles. The molecular weight excluding hydrogens is 357 g/mol. The van der Waals surface area contributed by atoms with Crippen molar-refractivity contribution in [3.63, 3.8) is 0 Å². The predicted molar refractivity (Wildman–Crippen MR) is 105 cm³/mol. The number of hydrogen-bond acceptors (Lipinski definition) is 3. The Bertz CT molecular complexity index is 982. The summed E-state index contributed by atoms with van der Waals surface area (Å²) in [4.78, 5) is 16.8. The standard InChI is InChI=1S/C22H22FN3O2/c1-2-13-24-22(27)19-12-11-18(28-19)21-20(15-7-9-16(23)10-8-15)25-14-26(21)17-5-3-4-6-17/h2,7-12,14,17H,1,3-6,13H2,(H,24,27). The lowest BCUT2D eigenvalue weighted by atomic mass is 10.1. The number of furan rings is 1. The van der Waals surface area contributed by atoms with E-state index < -0.39 is 0 Å². The Balaban J connectivity index is 1.76. The van der Waals surface area contributed by atoms with Crippen LogP contribution in [0.15, 0.2) is 59.8 Å². The smallest absolute Gasteiger partial charge is 0.287 e. The molecule has 2 aromatic heterocycles. The molecule has 0 radical (unpaired) electrons. The number of carbonyl (C=O) groups excluding carboxylic acids is 1. The van der Waals surface area contributed by atoms with Crippen molar-refractivity contribution in [1.82, 2.24) is 14.9 Å². The zero-order valence-electron chi connectivity index (χ0n) is 15.5. The minimum absolute atomic E-state index is 0.237. The fourth-order valence-electron chi connectivity index (χ4n) is 3.72. The van der Waals surface area contributed by atoms with Crippen LogP contribution in [0.25, 0.3) is 22.7 Å². The van der Waals surface area contributed by atoms with Crippen LogP contribution >= 0.6 is 0 Å². The van der Waals surface area contributed by atoms with Crippen molar-refractivity contribution in [2.45, 2.75) is 31.7 Å². The molecule has 1 aromatic carbocycles. The number of hydrogen-bond donors (Lipinski definition) is 1. The van der Waals surface area contributed by atoms with Gasteiger partial charge < -0.3 is 14.3 Å². The summed E-state index contributed by atoms with van der Waals surface area (Å²) in [6, 6.07) is 10.1. The molecule has 1 saturated carbocycles. The third-order valence-corrected chi connectivity index (χ3v) is 5.10. The summed E-state index contributed by atoms with van der Waals surface area (Å²) in [7, 11) is 0. The molecule has 5 nitrogen and oxygen atoms in total. The van der Waals surface area contributed by atoms with Crippen LogP contribution in [0.2, 0.25) is 0 Å².